The molecule has 0 aliphatic carbocycles. The Balaban J connectivity index is 1.37. The van der Waals surface area contributed by atoms with Crippen molar-refractivity contribution in [2.45, 2.75) is 13.3 Å². The van der Waals surface area contributed by atoms with Crippen molar-refractivity contribution in [2.24, 2.45) is 0 Å². The Labute approximate surface area is 217 Å². The van der Waals surface area contributed by atoms with E-state index in [-0.39, 0.29) is 5.91 Å². The number of pyridine rings is 1. The summed E-state index contributed by atoms with van der Waals surface area (Å²) in [5.41, 5.74) is 4.78. The fourth-order valence-corrected chi connectivity index (χ4v) is 5.41. The van der Waals surface area contributed by atoms with Gasteiger partial charge in [0.15, 0.2) is 0 Å². The van der Waals surface area contributed by atoms with E-state index in [1.54, 1.807) is 0 Å². The Morgan fingerprint density at radius 2 is 1.73 bits per heavy atom. The first-order valence-corrected chi connectivity index (χ1v) is 13.2. The molecule has 0 bridgehead atoms. The standard InChI is InChI=1S/C28H33N7O2/c1-2-32-12-14-33(15-13-32)27(36)22-5-3-4-21(20-22)25-24-8-11-35(23-6-9-29-10-7-23)26(24)31-28(30-25)34-16-18-37-19-17-34/h3-7,9-10,20H,2,8,11-19H2,1H3. The number of amides is 1. The molecule has 192 valence electrons. The van der Waals surface area contributed by atoms with Gasteiger partial charge in [0.2, 0.25) is 5.95 Å². The maximum atomic E-state index is 13.4. The largest absolute Gasteiger partial charge is 0.378 e. The number of hydrogen-bond donors (Lipinski definition) is 0. The minimum absolute atomic E-state index is 0.0927. The molecular formula is C28H33N7O2. The van der Waals surface area contributed by atoms with Gasteiger partial charge in [-0.1, -0.05) is 19.1 Å². The molecule has 0 spiro atoms. The molecule has 0 saturated carbocycles. The van der Waals surface area contributed by atoms with Crippen LogP contribution in [0.4, 0.5) is 17.5 Å². The zero-order valence-electron chi connectivity index (χ0n) is 21.3. The van der Waals surface area contributed by atoms with Crippen LogP contribution >= 0.6 is 0 Å². The van der Waals surface area contributed by atoms with E-state index < -0.39 is 0 Å². The zero-order valence-corrected chi connectivity index (χ0v) is 21.3. The number of likely N-dealkylation sites (N-methyl/N-ethyl adjacent to an activating group) is 1. The highest BCUT2D eigenvalue weighted by atomic mass is 16.5. The summed E-state index contributed by atoms with van der Waals surface area (Å²) in [4.78, 5) is 36.5. The van der Waals surface area contributed by atoms with Gasteiger partial charge in [0.1, 0.15) is 5.82 Å². The molecule has 6 rings (SSSR count). The molecule has 2 fully saturated rings. The smallest absolute Gasteiger partial charge is 0.253 e. The molecule has 9 heteroatoms. The summed E-state index contributed by atoms with van der Waals surface area (Å²) in [5.74, 6) is 1.74. The van der Waals surface area contributed by atoms with E-state index in [1.165, 1.54) is 0 Å². The number of carbonyl (C=O) groups excluding carboxylic acids is 1. The molecule has 2 saturated heterocycles. The van der Waals surface area contributed by atoms with Crippen LogP contribution in [0.5, 0.6) is 0 Å². The SMILES string of the molecule is CCN1CCN(C(=O)c2cccc(-c3nc(N4CCOCC4)nc4c3CCN4c3ccncc3)c2)CC1. The lowest BCUT2D eigenvalue weighted by Crippen LogP contribution is -2.48. The van der Waals surface area contributed by atoms with Crippen molar-refractivity contribution < 1.29 is 9.53 Å². The first kappa shape index (κ1) is 23.8. The number of nitrogens with zero attached hydrogens (tertiary/aromatic N) is 7. The van der Waals surface area contributed by atoms with Crippen LogP contribution in [0, 0.1) is 0 Å². The number of carbonyl (C=O) groups is 1. The summed E-state index contributed by atoms with van der Waals surface area (Å²) < 4.78 is 5.57. The summed E-state index contributed by atoms with van der Waals surface area (Å²) in [6, 6.07) is 12.0. The van der Waals surface area contributed by atoms with Crippen LogP contribution in [-0.4, -0.2) is 96.2 Å². The lowest BCUT2D eigenvalue weighted by Gasteiger charge is -2.34. The molecule has 9 nitrogen and oxygen atoms in total. The molecule has 3 aromatic rings. The second kappa shape index (κ2) is 10.4. The van der Waals surface area contributed by atoms with E-state index in [2.05, 4.69) is 32.7 Å². The van der Waals surface area contributed by atoms with Gasteiger partial charge < -0.3 is 24.3 Å². The Kier molecular flexibility index (Phi) is 6.72. The van der Waals surface area contributed by atoms with Crippen molar-refractivity contribution in [1.29, 1.82) is 0 Å². The van der Waals surface area contributed by atoms with Crippen molar-refractivity contribution >= 4 is 23.4 Å². The minimum Gasteiger partial charge on any atom is -0.378 e. The lowest BCUT2D eigenvalue weighted by molar-refractivity contribution is 0.0643. The first-order valence-electron chi connectivity index (χ1n) is 13.2. The van der Waals surface area contributed by atoms with E-state index in [1.807, 2.05) is 47.6 Å². The van der Waals surface area contributed by atoms with Gasteiger partial charge in [-0.15, -0.1) is 0 Å². The molecule has 5 heterocycles. The zero-order chi connectivity index (χ0) is 25.2. The maximum absolute atomic E-state index is 13.4. The van der Waals surface area contributed by atoms with Crippen LogP contribution in [0.1, 0.15) is 22.8 Å². The van der Waals surface area contributed by atoms with Gasteiger partial charge in [-0.05, 0) is 37.2 Å². The number of ether oxygens (including phenoxy) is 1. The molecule has 2 aromatic heterocycles. The average molecular weight is 500 g/mol. The third-order valence-electron chi connectivity index (χ3n) is 7.57. The van der Waals surface area contributed by atoms with E-state index in [0.29, 0.717) is 24.7 Å². The van der Waals surface area contributed by atoms with Crippen molar-refractivity contribution in [3.63, 3.8) is 0 Å². The van der Waals surface area contributed by atoms with Crippen LogP contribution in [0.15, 0.2) is 48.8 Å². The monoisotopic (exact) mass is 499 g/mol. The van der Waals surface area contributed by atoms with Crippen LogP contribution in [0.2, 0.25) is 0 Å². The Hall–Kier alpha value is -3.56. The summed E-state index contributed by atoms with van der Waals surface area (Å²) in [5, 5.41) is 0. The highest BCUT2D eigenvalue weighted by Crippen LogP contribution is 2.39. The van der Waals surface area contributed by atoms with Crippen LogP contribution in [-0.2, 0) is 11.2 Å². The number of hydrogen-bond acceptors (Lipinski definition) is 8. The highest BCUT2D eigenvalue weighted by Gasteiger charge is 2.30. The summed E-state index contributed by atoms with van der Waals surface area (Å²) >= 11 is 0. The van der Waals surface area contributed by atoms with E-state index in [9.17, 15) is 4.79 Å². The average Bonchev–Trinajstić information content (AvgIpc) is 3.41. The van der Waals surface area contributed by atoms with Crippen LogP contribution in [0.25, 0.3) is 11.3 Å². The van der Waals surface area contributed by atoms with Crippen molar-refractivity contribution in [2.75, 3.05) is 75.4 Å². The highest BCUT2D eigenvalue weighted by molar-refractivity contribution is 5.95. The fraction of sp³-hybridized carbons (Fsp3) is 0.429. The molecule has 3 aliphatic heterocycles. The van der Waals surface area contributed by atoms with Gasteiger partial charge in [0.05, 0.1) is 18.9 Å². The number of fused-ring (bicyclic) bond motifs is 1. The van der Waals surface area contributed by atoms with Gasteiger partial charge in [-0.2, -0.15) is 4.98 Å². The number of benzene rings is 1. The summed E-state index contributed by atoms with van der Waals surface area (Å²) in [6.07, 6.45) is 4.47. The second-order valence-electron chi connectivity index (χ2n) is 9.69. The number of piperazine rings is 1. The van der Waals surface area contributed by atoms with E-state index in [0.717, 1.165) is 87.1 Å². The molecule has 0 atom stereocenters. The molecular weight excluding hydrogens is 466 g/mol. The fourth-order valence-electron chi connectivity index (χ4n) is 5.41. The molecule has 0 radical (unpaired) electrons. The Bertz CT molecular complexity index is 1250. The second-order valence-corrected chi connectivity index (χ2v) is 9.69. The van der Waals surface area contributed by atoms with Gasteiger partial charge >= 0.3 is 0 Å². The minimum atomic E-state index is 0.0927. The molecule has 1 aromatic carbocycles. The van der Waals surface area contributed by atoms with E-state index in [4.69, 9.17) is 14.7 Å². The number of aromatic nitrogens is 3. The van der Waals surface area contributed by atoms with Gasteiger partial charge in [0.25, 0.3) is 5.91 Å². The molecule has 0 N–H and O–H groups in total. The van der Waals surface area contributed by atoms with Gasteiger partial charge in [-0.25, -0.2) is 4.98 Å². The summed E-state index contributed by atoms with van der Waals surface area (Å²) in [6.45, 7) is 10.3. The quantitative estimate of drug-likeness (QED) is 0.531. The van der Waals surface area contributed by atoms with E-state index >= 15 is 0 Å². The predicted octanol–water partition coefficient (Wildman–Crippen LogP) is 2.85. The van der Waals surface area contributed by atoms with Gasteiger partial charge in [0, 0.05) is 80.6 Å². The number of rotatable bonds is 5. The van der Waals surface area contributed by atoms with Gasteiger partial charge in [-0.3, -0.25) is 9.78 Å². The molecule has 1 amide bonds. The molecule has 3 aliphatic rings. The Morgan fingerprint density at radius 1 is 0.946 bits per heavy atom. The number of morpholine rings is 1. The van der Waals surface area contributed by atoms with Crippen molar-refractivity contribution in [3.05, 3.63) is 59.9 Å². The molecule has 0 unspecified atom stereocenters. The first-order chi connectivity index (χ1) is 18.2. The van der Waals surface area contributed by atoms with Crippen molar-refractivity contribution in [3.8, 4) is 11.3 Å². The maximum Gasteiger partial charge on any atom is 0.253 e. The lowest BCUT2D eigenvalue weighted by atomic mass is 10.0. The van der Waals surface area contributed by atoms with Crippen LogP contribution in [0.3, 0.4) is 0 Å². The third kappa shape index (κ3) is 4.76. The Morgan fingerprint density at radius 3 is 2.49 bits per heavy atom. The normalized spacial score (nSPS) is 18.2. The third-order valence-corrected chi connectivity index (χ3v) is 7.57. The number of anilines is 3. The summed E-state index contributed by atoms with van der Waals surface area (Å²) in [7, 11) is 0. The van der Waals surface area contributed by atoms with Crippen molar-refractivity contribution in [1.82, 2.24) is 24.8 Å². The topological polar surface area (TPSA) is 77.9 Å². The molecule has 37 heavy (non-hydrogen) atoms. The van der Waals surface area contributed by atoms with Crippen LogP contribution < -0.4 is 9.80 Å². The predicted molar refractivity (Wildman–Crippen MR) is 143 cm³/mol.